The van der Waals surface area contributed by atoms with Crippen LogP contribution in [0.5, 0.6) is 17.2 Å². The number of piperazine rings is 1. The highest BCUT2D eigenvalue weighted by Gasteiger charge is 2.35. The van der Waals surface area contributed by atoms with Crippen LogP contribution in [0.2, 0.25) is 0 Å². The molecule has 2 aliphatic rings. The van der Waals surface area contributed by atoms with Gasteiger partial charge in [0, 0.05) is 43.5 Å². The molecule has 0 radical (unpaired) electrons. The first-order valence-corrected chi connectivity index (χ1v) is 11.4. The van der Waals surface area contributed by atoms with Gasteiger partial charge in [0.05, 0.1) is 26.8 Å². The minimum Gasteiger partial charge on any atom is -0.497 e. The van der Waals surface area contributed by atoms with Crippen molar-refractivity contribution in [3.8, 4) is 17.2 Å². The molecule has 3 aromatic rings. The predicted molar refractivity (Wildman–Crippen MR) is 132 cm³/mol. The minimum atomic E-state index is 0.261. The number of rotatable bonds is 5. The summed E-state index contributed by atoms with van der Waals surface area (Å²) in [5.41, 5.74) is 6.87. The number of carbonyl (C=O) groups is 1. The van der Waals surface area contributed by atoms with Crippen LogP contribution in [0, 0.1) is 5.92 Å². The molecule has 1 saturated heterocycles. The number of anilines is 2. The number of nitrogen functional groups attached to an aromatic ring is 1. The zero-order valence-electron chi connectivity index (χ0n) is 19.9. The van der Waals surface area contributed by atoms with E-state index in [0.717, 1.165) is 24.0 Å². The van der Waals surface area contributed by atoms with Gasteiger partial charge in [-0.25, -0.2) is 4.98 Å². The monoisotopic (exact) mass is 465 g/mol. The van der Waals surface area contributed by atoms with E-state index in [9.17, 15) is 4.79 Å². The van der Waals surface area contributed by atoms with Crippen LogP contribution >= 0.6 is 0 Å². The Kier molecular flexibility index (Phi) is 7.20. The molecule has 9 heteroatoms. The third kappa shape index (κ3) is 5.24. The van der Waals surface area contributed by atoms with Crippen molar-refractivity contribution in [2.75, 3.05) is 58.1 Å². The molecule has 1 aromatic heterocycles. The smallest absolute Gasteiger partial charge is 0.228 e. The zero-order valence-corrected chi connectivity index (χ0v) is 19.9. The number of aromatic nitrogens is 2. The van der Waals surface area contributed by atoms with Crippen LogP contribution in [-0.2, 0) is 4.79 Å². The quantitative estimate of drug-likeness (QED) is 0.614. The van der Waals surface area contributed by atoms with Crippen LogP contribution < -0.4 is 24.8 Å². The average Bonchev–Trinajstić information content (AvgIpc) is 3.74. The van der Waals surface area contributed by atoms with E-state index in [1.54, 1.807) is 27.4 Å². The Balaban J connectivity index is 0.000000291. The lowest BCUT2D eigenvalue weighted by Crippen LogP contribution is -2.49. The van der Waals surface area contributed by atoms with Gasteiger partial charge in [0.2, 0.25) is 11.9 Å². The molecule has 1 saturated carbocycles. The van der Waals surface area contributed by atoms with E-state index in [4.69, 9.17) is 19.9 Å². The summed E-state index contributed by atoms with van der Waals surface area (Å²) < 4.78 is 15.6. The lowest BCUT2D eigenvalue weighted by atomic mass is 10.2. The largest absolute Gasteiger partial charge is 0.497 e. The van der Waals surface area contributed by atoms with Gasteiger partial charge in [-0.15, -0.1) is 0 Å². The summed E-state index contributed by atoms with van der Waals surface area (Å²) in [4.78, 5) is 25.3. The molecule has 34 heavy (non-hydrogen) atoms. The number of hydrogen-bond donors (Lipinski definition) is 1. The number of fused-ring (bicyclic) bond motifs is 1. The number of amides is 1. The Labute approximate surface area is 199 Å². The second-order valence-corrected chi connectivity index (χ2v) is 8.24. The lowest BCUT2D eigenvalue weighted by molar-refractivity contribution is -0.132. The molecule has 0 bridgehead atoms. The minimum absolute atomic E-state index is 0.261. The van der Waals surface area contributed by atoms with Crippen LogP contribution in [0.15, 0.2) is 42.5 Å². The Hall–Kier alpha value is -3.75. The van der Waals surface area contributed by atoms with Gasteiger partial charge in [0.25, 0.3) is 0 Å². The standard InChI is InChI=1S/C18H23N5O3.C7H8O/c1-25-14-9-12-13(10-15(14)26-2)20-18(21-16(12)19)23-7-5-22(6-8-23)17(24)11-3-4-11;1-8-7-5-3-2-4-6-7/h9-11H,3-8H2,1-2H3,(H2,19,20,21);2-6H,1H3. The maximum atomic E-state index is 12.2. The van der Waals surface area contributed by atoms with Gasteiger partial charge >= 0.3 is 0 Å². The maximum absolute atomic E-state index is 12.2. The van der Waals surface area contributed by atoms with Crippen LogP contribution in [0.25, 0.3) is 10.9 Å². The van der Waals surface area contributed by atoms with E-state index in [1.807, 2.05) is 41.3 Å². The van der Waals surface area contributed by atoms with Gasteiger partial charge in [-0.1, -0.05) is 18.2 Å². The molecule has 5 rings (SSSR count). The number of nitrogens with zero attached hydrogens (tertiary/aromatic N) is 4. The highest BCUT2D eigenvalue weighted by Crippen LogP contribution is 2.34. The first kappa shape index (κ1) is 23.4. The van der Waals surface area contributed by atoms with Crippen molar-refractivity contribution in [1.82, 2.24) is 14.9 Å². The topological polar surface area (TPSA) is 103 Å². The Bertz CT molecular complexity index is 1130. The molecule has 1 aliphatic heterocycles. The summed E-state index contributed by atoms with van der Waals surface area (Å²) in [7, 11) is 4.83. The van der Waals surface area contributed by atoms with E-state index >= 15 is 0 Å². The fourth-order valence-corrected chi connectivity index (χ4v) is 3.88. The fourth-order valence-electron chi connectivity index (χ4n) is 3.88. The number of methoxy groups -OCH3 is 3. The van der Waals surface area contributed by atoms with Crippen molar-refractivity contribution < 1.29 is 19.0 Å². The highest BCUT2D eigenvalue weighted by molar-refractivity contribution is 5.91. The molecular weight excluding hydrogens is 434 g/mol. The van der Waals surface area contributed by atoms with E-state index in [-0.39, 0.29) is 5.92 Å². The van der Waals surface area contributed by atoms with E-state index in [2.05, 4.69) is 14.9 Å². The second kappa shape index (κ2) is 10.5. The molecule has 1 amide bonds. The van der Waals surface area contributed by atoms with Crippen LogP contribution in [0.3, 0.4) is 0 Å². The average molecular weight is 466 g/mol. The first-order chi connectivity index (χ1) is 16.5. The summed E-state index contributed by atoms with van der Waals surface area (Å²) in [6, 6.07) is 13.3. The zero-order chi connectivity index (χ0) is 24.1. The third-order valence-electron chi connectivity index (χ3n) is 6.00. The summed E-state index contributed by atoms with van der Waals surface area (Å²) >= 11 is 0. The summed E-state index contributed by atoms with van der Waals surface area (Å²) in [6.07, 6.45) is 2.07. The SMILES string of the molecule is COc1cc2nc(N3CCN(C(=O)C4CC4)CC3)nc(N)c2cc1OC.COc1ccccc1. The number of nitrogens with two attached hydrogens (primary N) is 1. The number of para-hydroxylation sites is 1. The number of carbonyl (C=O) groups excluding carboxylic acids is 1. The van der Waals surface area contributed by atoms with Gasteiger partial charge < -0.3 is 29.7 Å². The first-order valence-electron chi connectivity index (χ1n) is 11.4. The molecule has 0 unspecified atom stereocenters. The van der Waals surface area contributed by atoms with Gasteiger partial charge in [-0.05, 0) is 31.0 Å². The van der Waals surface area contributed by atoms with E-state index in [0.29, 0.717) is 60.9 Å². The molecule has 0 spiro atoms. The molecular formula is C25H31N5O4. The lowest BCUT2D eigenvalue weighted by Gasteiger charge is -2.35. The molecule has 1 aliphatic carbocycles. The Morgan fingerprint density at radius 3 is 2.12 bits per heavy atom. The molecule has 2 fully saturated rings. The van der Waals surface area contributed by atoms with Crippen molar-refractivity contribution in [2.45, 2.75) is 12.8 Å². The van der Waals surface area contributed by atoms with Crippen molar-refractivity contribution in [3.05, 3.63) is 42.5 Å². The number of ether oxygens (including phenoxy) is 3. The van der Waals surface area contributed by atoms with Gasteiger partial charge in [-0.3, -0.25) is 4.79 Å². The van der Waals surface area contributed by atoms with Crippen molar-refractivity contribution in [2.24, 2.45) is 5.92 Å². The van der Waals surface area contributed by atoms with Crippen LogP contribution in [0.4, 0.5) is 11.8 Å². The molecule has 180 valence electrons. The van der Waals surface area contributed by atoms with Gasteiger partial charge in [-0.2, -0.15) is 4.98 Å². The summed E-state index contributed by atoms with van der Waals surface area (Å²) in [5.74, 6) is 3.65. The Morgan fingerprint density at radius 2 is 1.56 bits per heavy atom. The number of benzene rings is 2. The Morgan fingerprint density at radius 1 is 0.912 bits per heavy atom. The fraction of sp³-hybridized carbons (Fsp3) is 0.400. The molecule has 2 aromatic carbocycles. The summed E-state index contributed by atoms with van der Waals surface area (Å²) in [5, 5.41) is 0.731. The van der Waals surface area contributed by atoms with E-state index < -0.39 is 0 Å². The number of hydrogen-bond acceptors (Lipinski definition) is 8. The van der Waals surface area contributed by atoms with Crippen LogP contribution in [0.1, 0.15) is 12.8 Å². The second-order valence-electron chi connectivity index (χ2n) is 8.24. The normalized spacial score (nSPS) is 15.4. The molecule has 0 atom stereocenters. The maximum Gasteiger partial charge on any atom is 0.228 e. The summed E-state index contributed by atoms with van der Waals surface area (Å²) in [6.45, 7) is 2.80. The van der Waals surface area contributed by atoms with E-state index in [1.165, 1.54) is 0 Å². The molecule has 9 nitrogen and oxygen atoms in total. The predicted octanol–water partition coefficient (Wildman–Crippen LogP) is 2.98. The van der Waals surface area contributed by atoms with Crippen LogP contribution in [-0.4, -0.2) is 68.3 Å². The van der Waals surface area contributed by atoms with Crippen molar-refractivity contribution in [1.29, 1.82) is 0 Å². The van der Waals surface area contributed by atoms with Gasteiger partial charge in [0.1, 0.15) is 11.6 Å². The van der Waals surface area contributed by atoms with Crippen molar-refractivity contribution in [3.63, 3.8) is 0 Å². The molecule has 2 N–H and O–H groups in total. The highest BCUT2D eigenvalue weighted by atomic mass is 16.5. The third-order valence-corrected chi connectivity index (χ3v) is 6.00. The van der Waals surface area contributed by atoms with Crippen molar-refractivity contribution >= 4 is 28.6 Å². The van der Waals surface area contributed by atoms with Gasteiger partial charge in [0.15, 0.2) is 11.5 Å². The molecule has 2 heterocycles.